The number of fused-ring (bicyclic) bond motifs is 2. The highest BCUT2D eigenvalue weighted by Gasteiger charge is 2.34. The highest BCUT2D eigenvalue weighted by Crippen LogP contribution is 2.37. The number of hydrogen-bond acceptors (Lipinski definition) is 5. The molecule has 0 atom stereocenters. The molecule has 1 aliphatic carbocycles. The molecule has 26 heavy (non-hydrogen) atoms. The molecule has 6 heteroatoms. The zero-order valence-electron chi connectivity index (χ0n) is 13.4. The Morgan fingerprint density at radius 1 is 0.885 bits per heavy atom. The Labute approximate surface area is 148 Å². The molecule has 3 aromatic rings. The van der Waals surface area contributed by atoms with E-state index in [2.05, 4.69) is 10.3 Å². The van der Waals surface area contributed by atoms with Crippen LogP contribution in [0.15, 0.2) is 60.9 Å². The second-order valence-corrected chi connectivity index (χ2v) is 5.78. The number of aromatic nitrogens is 1. The zero-order chi connectivity index (χ0) is 18.3. The van der Waals surface area contributed by atoms with E-state index in [1.165, 1.54) is 18.3 Å². The van der Waals surface area contributed by atoms with Crippen LogP contribution in [0, 0.1) is 0 Å². The SMILES string of the molecule is O=C(Nc1ccc(O)c2c1C(=O)c1ccccc1C2=O)c1cccnc1. The van der Waals surface area contributed by atoms with Gasteiger partial charge < -0.3 is 10.4 Å². The third-order valence-electron chi connectivity index (χ3n) is 4.23. The van der Waals surface area contributed by atoms with Gasteiger partial charge in [0.1, 0.15) is 5.75 Å². The van der Waals surface area contributed by atoms with E-state index in [1.54, 1.807) is 42.6 Å². The number of nitrogens with one attached hydrogen (secondary N) is 1. The standard InChI is InChI=1S/C20H12N2O4/c23-15-8-7-14(22-20(26)11-4-3-9-21-10-11)16-17(15)19(25)13-6-2-1-5-12(13)18(16)24/h1-10,23H,(H,22,26). The van der Waals surface area contributed by atoms with Crippen molar-refractivity contribution in [1.82, 2.24) is 4.98 Å². The Hall–Kier alpha value is -3.80. The summed E-state index contributed by atoms with van der Waals surface area (Å²) >= 11 is 0. The van der Waals surface area contributed by atoms with E-state index < -0.39 is 17.5 Å². The molecule has 0 aliphatic heterocycles. The molecule has 0 radical (unpaired) electrons. The van der Waals surface area contributed by atoms with Gasteiger partial charge in [-0.3, -0.25) is 19.4 Å². The van der Waals surface area contributed by atoms with E-state index in [9.17, 15) is 19.5 Å². The number of benzene rings is 2. The Morgan fingerprint density at radius 2 is 1.58 bits per heavy atom. The number of pyridine rings is 1. The lowest BCUT2D eigenvalue weighted by atomic mass is 9.82. The van der Waals surface area contributed by atoms with Crippen LogP contribution < -0.4 is 5.32 Å². The van der Waals surface area contributed by atoms with Crippen molar-refractivity contribution >= 4 is 23.2 Å². The van der Waals surface area contributed by atoms with Crippen LogP contribution in [-0.2, 0) is 0 Å². The molecule has 0 unspecified atom stereocenters. The molecule has 4 rings (SSSR count). The zero-order valence-corrected chi connectivity index (χ0v) is 13.4. The van der Waals surface area contributed by atoms with Gasteiger partial charge in [0.05, 0.1) is 22.4 Å². The number of carbonyl (C=O) groups excluding carboxylic acids is 3. The highest BCUT2D eigenvalue weighted by molar-refractivity contribution is 6.31. The monoisotopic (exact) mass is 344 g/mol. The Morgan fingerprint density at radius 3 is 2.23 bits per heavy atom. The summed E-state index contributed by atoms with van der Waals surface area (Å²) in [5.41, 5.74) is 0.843. The average Bonchev–Trinajstić information content (AvgIpc) is 2.68. The molecule has 1 heterocycles. The molecule has 6 nitrogen and oxygen atoms in total. The maximum absolute atomic E-state index is 12.9. The van der Waals surface area contributed by atoms with Crippen molar-refractivity contribution in [1.29, 1.82) is 0 Å². The van der Waals surface area contributed by atoms with E-state index in [0.29, 0.717) is 5.56 Å². The van der Waals surface area contributed by atoms with Gasteiger partial charge in [-0.05, 0) is 24.3 Å². The maximum atomic E-state index is 12.9. The molecule has 0 fully saturated rings. The van der Waals surface area contributed by atoms with Crippen LogP contribution in [0.25, 0.3) is 0 Å². The lowest BCUT2D eigenvalue weighted by Gasteiger charge is -2.21. The number of aromatic hydroxyl groups is 1. The van der Waals surface area contributed by atoms with E-state index in [-0.39, 0.29) is 33.7 Å². The molecule has 0 saturated carbocycles. The second-order valence-electron chi connectivity index (χ2n) is 5.78. The number of phenols is 1. The predicted molar refractivity (Wildman–Crippen MR) is 93.6 cm³/mol. The number of amides is 1. The number of phenolic OH excluding ortho intramolecular Hbond substituents is 1. The summed E-state index contributed by atoms with van der Waals surface area (Å²) in [6.45, 7) is 0. The number of carbonyl (C=O) groups is 3. The molecular weight excluding hydrogens is 332 g/mol. The molecule has 1 aliphatic rings. The molecule has 0 saturated heterocycles. The minimum Gasteiger partial charge on any atom is -0.507 e. The van der Waals surface area contributed by atoms with Crippen LogP contribution in [0.4, 0.5) is 5.69 Å². The quantitative estimate of drug-likeness (QED) is 0.545. The lowest BCUT2D eigenvalue weighted by molar-refractivity contribution is 0.0976. The normalized spacial score (nSPS) is 12.3. The van der Waals surface area contributed by atoms with Gasteiger partial charge in [0.15, 0.2) is 11.6 Å². The molecule has 2 N–H and O–H groups in total. The van der Waals surface area contributed by atoms with Crippen LogP contribution >= 0.6 is 0 Å². The summed E-state index contributed by atoms with van der Waals surface area (Å²) in [6, 6.07) is 12.3. The van der Waals surface area contributed by atoms with Gasteiger partial charge in [0, 0.05) is 23.5 Å². The summed E-state index contributed by atoms with van der Waals surface area (Å²) in [7, 11) is 0. The third-order valence-corrected chi connectivity index (χ3v) is 4.23. The van der Waals surface area contributed by atoms with Crippen LogP contribution in [0.3, 0.4) is 0 Å². The fourth-order valence-corrected chi connectivity index (χ4v) is 3.00. The summed E-state index contributed by atoms with van der Waals surface area (Å²) in [4.78, 5) is 42.0. The number of rotatable bonds is 2. The average molecular weight is 344 g/mol. The van der Waals surface area contributed by atoms with Crippen LogP contribution in [0.2, 0.25) is 0 Å². The van der Waals surface area contributed by atoms with E-state index in [0.717, 1.165) is 0 Å². The van der Waals surface area contributed by atoms with E-state index in [1.807, 2.05) is 0 Å². The maximum Gasteiger partial charge on any atom is 0.257 e. The largest absolute Gasteiger partial charge is 0.507 e. The van der Waals surface area contributed by atoms with E-state index >= 15 is 0 Å². The van der Waals surface area contributed by atoms with Gasteiger partial charge in [-0.15, -0.1) is 0 Å². The minimum atomic E-state index is -0.468. The van der Waals surface area contributed by atoms with Crippen molar-refractivity contribution in [3.05, 3.63) is 88.7 Å². The van der Waals surface area contributed by atoms with Crippen molar-refractivity contribution in [3.8, 4) is 5.75 Å². The number of anilines is 1. The van der Waals surface area contributed by atoms with Crippen molar-refractivity contribution < 1.29 is 19.5 Å². The van der Waals surface area contributed by atoms with Gasteiger partial charge >= 0.3 is 0 Å². The molecule has 0 bridgehead atoms. The molecule has 1 amide bonds. The third kappa shape index (κ3) is 2.36. The van der Waals surface area contributed by atoms with Crippen molar-refractivity contribution in [2.24, 2.45) is 0 Å². The van der Waals surface area contributed by atoms with E-state index in [4.69, 9.17) is 0 Å². The Bertz CT molecular complexity index is 1070. The summed E-state index contributed by atoms with van der Waals surface area (Å²) in [5, 5.41) is 12.8. The smallest absolute Gasteiger partial charge is 0.257 e. The van der Waals surface area contributed by atoms with Gasteiger partial charge in [-0.1, -0.05) is 24.3 Å². The predicted octanol–water partition coefficient (Wildman–Crippen LogP) is 2.81. The number of ketones is 2. The van der Waals surface area contributed by atoms with Crippen molar-refractivity contribution in [2.75, 3.05) is 5.32 Å². The second kappa shape index (κ2) is 5.93. The minimum absolute atomic E-state index is 0.00839. The van der Waals surface area contributed by atoms with Crippen molar-refractivity contribution in [3.63, 3.8) is 0 Å². The topological polar surface area (TPSA) is 96.4 Å². The first-order valence-corrected chi connectivity index (χ1v) is 7.83. The molecule has 0 spiro atoms. The molecular formula is C20H12N2O4. The summed E-state index contributed by atoms with van der Waals surface area (Å²) in [6.07, 6.45) is 2.93. The molecule has 126 valence electrons. The summed E-state index contributed by atoms with van der Waals surface area (Å²) in [5.74, 6) is -1.64. The number of hydrogen-bond donors (Lipinski definition) is 2. The van der Waals surface area contributed by atoms with Crippen LogP contribution in [-0.4, -0.2) is 27.6 Å². The van der Waals surface area contributed by atoms with Gasteiger partial charge in [-0.2, -0.15) is 0 Å². The van der Waals surface area contributed by atoms with Crippen molar-refractivity contribution in [2.45, 2.75) is 0 Å². The first-order valence-electron chi connectivity index (χ1n) is 7.83. The fraction of sp³-hybridized carbons (Fsp3) is 0. The Balaban J connectivity index is 1.84. The fourth-order valence-electron chi connectivity index (χ4n) is 3.00. The van der Waals surface area contributed by atoms with Crippen LogP contribution in [0.1, 0.15) is 42.2 Å². The van der Waals surface area contributed by atoms with Crippen LogP contribution in [0.5, 0.6) is 5.75 Å². The first-order chi connectivity index (χ1) is 12.6. The summed E-state index contributed by atoms with van der Waals surface area (Å²) < 4.78 is 0. The van der Waals surface area contributed by atoms with Gasteiger partial charge in [0.25, 0.3) is 5.91 Å². The van der Waals surface area contributed by atoms with Gasteiger partial charge in [-0.25, -0.2) is 0 Å². The highest BCUT2D eigenvalue weighted by atomic mass is 16.3. The Kier molecular flexibility index (Phi) is 3.58. The molecule has 2 aromatic carbocycles. The molecule has 1 aromatic heterocycles. The van der Waals surface area contributed by atoms with Gasteiger partial charge in [0.2, 0.25) is 0 Å². The number of nitrogens with zero attached hydrogens (tertiary/aromatic N) is 1. The first kappa shape index (κ1) is 15.7. The lowest BCUT2D eigenvalue weighted by Crippen LogP contribution is -2.24.